The van der Waals surface area contributed by atoms with Gasteiger partial charge in [0, 0.05) is 12.7 Å². The summed E-state index contributed by atoms with van der Waals surface area (Å²) in [6, 6.07) is 0. The molecule has 0 fully saturated rings. The van der Waals surface area contributed by atoms with E-state index in [1.165, 1.54) is 7.05 Å². The van der Waals surface area contributed by atoms with Crippen LogP contribution in [0.2, 0.25) is 0 Å². The Hall–Kier alpha value is -0.990. The highest BCUT2D eigenvalue weighted by atomic mass is 16.4. The summed E-state index contributed by atoms with van der Waals surface area (Å²) < 4.78 is 0. The lowest BCUT2D eigenvalue weighted by molar-refractivity contribution is 0.167. The normalized spacial score (nSPS) is 8.25. The third-order valence-corrected chi connectivity index (χ3v) is 0.860. The average molecular weight is 115 g/mol. The minimum absolute atomic E-state index is 0.525. The summed E-state index contributed by atoms with van der Waals surface area (Å²) in [5.41, 5.74) is 0.525. The van der Waals surface area contributed by atoms with Crippen molar-refractivity contribution in [3.05, 3.63) is 12.3 Å². The highest BCUT2D eigenvalue weighted by Crippen LogP contribution is 1.93. The van der Waals surface area contributed by atoms with Gasteiger partial charge in [0.1, 0.15) is 0 Å². The highest BCUT2D eigenvalue weighted by molar-refractivity contribution is 5.66. The smallest absolute Gasteiger partial charge is 0.411 e. The first kappa shape index (κ1) is 7.01. The van der Waals surface area contributed by atoms with Crippen molar-refractivity contribution in [2.24, 2.45) is 0 Å². The molecule has 0 rings (SSSR count). The molecule has 0 aliphatic carbocycles. The van der Waals surface area contributed by atoms with Gasteiger partial charge >= 0.3 is 6.09 Å². The molecule has 3 heteroatoms. The summed E-state index contributed by atoms with van der Waals surface area (Å²) in [6.45, 7) is 5.05. The van der Waals surface area contributed by atoms with Gasteiger partial charge in [-0.1, -0.05) is 6.58 Å². The van der Waals surface area contributed by atoms with Crippen LogP contribution in [0.5, 0.6) is 0 Å². The lowest BCUT2D eigenvalue weighted by atomic mass is 10.5. The molecule has 0 heterocycles. The van der Waals surface area contributed by atoms with Crippen LogP contribution in [0, 0.1) is 0 Å². The minimum atomic E-state index is -0.975. The van der Waals surface area contributed by atoms with E-state index in [4.69, 9.17) is 5.11 Å². The Morgan fingerprint density at radius 3 is 2.12 bits per heavy atom. The molecule has 0 aliphatic rings. The molecule has 0 saturated heterocycles. The lowest BCUT2D eigenvalue weighted by Gasteiger charge is -2.10. The van der Waals surface area contributed by atoms with Crippen LogP contribution in [0.4, 0.5) is 4.79 Å². The molecular weight excluding hydrogens is 106 g/mol. The van der Waals surface area contributed by atoms with Crippen molar-refractivity contribution in [2.45, 2.75) is 6.92 Å². The third-order valence-electron chi connectivity index (χ3n) is 0.860. The maximum atomic E-state index is 10.0. The Bertz CT molecular complexity index is 106. The number of hydrogen-bond acceptors (Lipinski definition) is 1. The van der Waals surface area contributed by atoms with Crippen molar-refractivity contribution in [1.82, 2.24) is 4.90 Å². The molecule has 0 spiro atoms. The Morgan fingerprint density at radius 2 is 2.12 bits per heavy atom. The van der Waals surface area contributed by atoms with Gasteiger partial charge in [-0.3, -0.25) is 4.90 Å². The summed E-state index contributed by atoms with van der Waals surface area (Å²) in [7, 11) is 1.45. The fourth-order valence-electron chi connectivity index (χ4n) is 0.163. The van der Waals surface area contributed by atoms with Crippen LogP contribution in [0.1, 0.15) is 6.92 Å². The minimum Gasteiger partial charge on any atom is -0.465 e. The topological polar surface area (TPSA) is 40.5 Å². The summed E-state index contributed by atoms with van der Waals surface area (Å²) in [4.78, 5) is 11.1. The molecular formula is C5H9NO2. The maximum absolute atomic E-state index is 10.0. The Kier molecular flexibility index (Phi) is 2.06. The summed E-state index contributed by atoms with van der Waals surface area (Å²) in [5, 5.41) is 8.22. The van der Waals surface area contributed by atoms with Gasteiger partial charge in [0.25, 0.3) is 0 Å². The van der Waals surface area contributed by atoms with Gasteiger partial charge in [0.2, 0.25) is 0 Å². The predicted molar refractivity (Wildman–Crippen MR) is 30.6 cm³/mol. The van der Waals surface area contributed by atoms with E-state index >= 15 is 0 Å². The molecule has 1 amide bonds. The first-order chi connectivity index (χ1) is 3.55. The van der Waals surface area contributed by atoms with Gasteiger partial charge in [-0.05, 0) is 6.92 Å². The van der Waals surface area contributed by atoms with Gasteiger partial charge in [-0.2, -0.15) is 0 Å². The average Bonchev–Trinajstić information content (AvgIpc) is 1.64. The lowest BCUT2D eigenvalue weighted by Crippen LogP contribution is -2.21. The predicted octanol–water partition coefficient (Wildman–Crippen LogP) is 1.13. The van der Waals surface area contributed by atoms with E-state index in [2.05, 4.69) is 6.58 Å². The van der Waals surface area contributed by atoms with Gasteiger partial charge in [-0.15, -0.1) is 0 Å². The van der Waals surface area contributed by atoms with Crippen LogP contribution in [-0.2, 0) is 0 Å². The number of carbonyl (C=O) groups is 1. The van der Waals surface area contributed by atoms with E-state index in [0.717, 1.165) is 4.90 Å². The monoisotopic (exact) mass is 115 g/mol. The third kappa shape index (κ3) is 1.64. The number of rotatable bonds is 1. The van der Waals surface area contributed by atoms with Crippen LogP contribution in [0.3, 0.4) is 0 Å². The molecule has 0 atom stereocenters. The second-order valence-corrected chi connectivity index (χ2v) is 1.58. The molecule has 0 radical (unpaired) electrons. The van der Waals surface area contributed by atoms with E-state index in [0.29, 0.717) is 5.70 Å². The molecule has 8 heavy (non-hydrogen) atoms. The zero-order valence-corrected chi connectivity index (χ0v) is 5.01. The zero-order valence-electron chi connectivity index (χ0n) is 5.01. The van der Waals surface area contributed by atoms with Gasteiger partial charge in [-0.25, -0.2) is 4.79 Å². The van der Waals surface area contributed by atoms with Crippen LogP contribution >= 0.6 is 0 Å². The highest BCUT2D eigenvalue weighted by Gasteiger charge is 2.02. The van der Waals surface area contributed by atoms with E-state index in [1.54, 1.807) is 6.92 Å². The van der Waals surface area contributed by atoms with Crippen LogP contribution in [0.25, 0.3) is 0 Å². The van der Waals surface area contributed by atoms with Crippen molar-refractivity contribution >= 4 is 6.09 Å². The maximum Gasteiger partial charge on any atom is 0.411 e. The Labute approximate surface area is 48.2 Å². The van der Waals surface area contributed by atoms with Crippen molar-refractivity contribution in [2.75, 3.05) is 7.05 Å². The second kappa shape index (κ2) is 2.35. The van der Waals surface area contributed by atoms with Gasteiger partial charge in [0.05, 0.1) is 0 Å². The van der Waals surface area contributed by atoms with Crippen molar-refractivity contribution in [1.29, 1.82) is 0 Å². The van der Waals surface area contributed by atoms with E-state index < -0.39 is 6.09 Å². The fraction of sp³-hybridized carbons (Fsp3) is 0.400. The van der Waals surface area contributed by atoms with Gasteiger partial charge in [0.15, 0.2) is 0 Å². The van der Waals surface area contributed by atoms with E-state index in [-0.39, 0.29) is 0 Å². The van der Waals surface area contributed by atoms with Crippen LogP contribution < -0.4 is 0 Å². The van der Waals surface area contributed by atoms with Crippen molar-refractivity contribution in [3.63, 3.8) is 0 Å². The largest absolute Gasteiger partial charge is 0.465 e. The molecule has 3 nitrogen and oxygen atoms in total. The first-order valence-corrected chi connectivity index (χ1v) is 2.18. The standard InChI is InChI=1S/C5H9NO2/c1-4(2)6(3)5(7)8/h1H2,2-3H3,(H,7,8). The molecule has 1 N–H and O–H groups in total. The Morgan fingerprint density at radius 1 is 1.75 bits per heavy atom. The molecule has 0 aromatic heterocycles. The second-order valence-electron chi connectivity index (χ2n) is 1.58. The molecule has 0 saturated carbocycles. The zero-order chi connectivity index (χ0) is 6.73. The Balaban J connectivity index is 3.83. The number of allylic oxidation sites excluding steroid dienone is 1. The SMILES string of the molecule is C=C(C)N(C)C(=O)O. The molecule has 0 bridgehead atoms. The number of hydrogen-bond donors (Lipinski definition) is 1. The number of carboxylic acid groups (broad SMARTS) is 1. The van der Waals surface area contributed by atoms with Crippen molar-refractivity contribution < 1.29 is 9.90 Å². The summed E-state index contributed by atoms with van der Waals surface area (Å²) in [6.07, 6.45) is -0.975. The molecule has 0 aliphatic heterocycles. The van der Waals surface area contributed by atoms with Gasteiger partial charge < -0.3 is 5.11 Å². The van der Waals surface area contributed by atoms with E-state index in [9.17, 15) is 4.79 Å². The summed E-state index contributed by atoms with van der Waals surface area (Å²) >= 11 is 0. The fourth-order valence-corrected chi connectivity index (χ4v) is 0.163. The quantitative estimate of drug-likeness (QED) is 0.556. The number of amides is 1. The molecule has 0 aromatic carbocycles. The van der Waals surface area contributed by atoms with E-state index in [1.807, 2.05) is 0 Å². The van der Waals surface area contributed by atoms with Crippen LogP contribution in [-0.4, -0.2) is 23.1 Å². The molecule has 46 valence electrons. The van der Waals surface area contributed by atoms with Crippen LogP contribution in [0.15, 0.2) is 12.3 Å². The number of nitrogens with zero attached hydrogens (tertiary/aromatic N) is 1. The molecule has 0 unspecified atom stereocenters. The molecule has 0 aromatic rings. The summed E-state index contributed by atoms with van der Waals surface area (Å²) in [5.74, 6) is 0. The first-order valence-electron chi connectivity index (χ1n) is 2.18. The van der Waals surface area contributed by atoms with Crippen molar-refractivity contribution in [3.8, 4) is 0 Å².